The summed E-state index contributed by atoms with van der Waals surface area (Å²) in [6, 6.07) is 1.83. The van der Waals surface area contributed by atoms with Crippen LogP contribution >= 0.6 is 0 Å². The second-order valence-electron chi connectivity index (χ2n) is 4.82. The van der Waals surface area contributed by atoms with Gasteiger partial charge in [0.15, 0.2) is 0 Å². The van der Waals surface area contributed by atoms with Crippen LogP contribution in [0.3, 0.4) is 0 Å². The predicted molar refractivity (Wildman–Crippen MR) is 67.5 cm³/mol. The lowest BCUT2D eigenvalue weighted by Crippen LogP contribution is -2.23. The Balaban J connectivity index is 1.63. The van der Waals surface area contributed by atoms with Crippen LogP contribution in [0.1, 0.15) is 19.3 Å². The first-order valence-corrected chi connectivity index (χ1v) is 6.40. The van der Waals surface area contributed by atoms with E-state index in [1.165, 1.54) is 13.0 Å². The Labute approximate surface area is 102 Å². The first kappa shape index (κ1) is 12.4. The van der Waals surface area contributed by atoms with Gasteiger partial charge in [-0.1, -0.05) is 0 Å². The molecule has 2 heterocycles. The number of aliphatic hydroxyl groups is 1. The molecule has 1 fully saturated rings. The van der Waals surface area contributed by atoms with Gasteiger partial charge in [-0.2, -0.15) is 5.10 Å². The molecule has 0 spiro atoms. The van der Waals surface area contributed by atoms with Gasteiger partial charge < -0.3 is 15.7 Å². The second kappa shape index (κ2) is 6.02. The number of nitrogen functional groups attached to an aromatic ring is 1. The molecule has 1 atom stereocenters. The summed E-state index contributed by atoms with van der Waals surface area (Å²) in [7, 11) is 0. The Morgan fingerprint density at radius 2 is 2.35 bits per heavy atom. The maximum Gasteiger partial charge on any atom is 0.145 e. The highest BCUT2D eigenvalue weighted by Gasteiger charge is 2.21. The van der Waals surface area contributed by atoms with Gasteiger partial charge in [0.1, 0.15) is 5.82 Å². The number of hydrogen-bond donors (Lipinski definition) is 2. The first-order valence-electron chi connectivity index (χ1n) is 6.40. The number of likely N-dealkylation sites (tertiary alicyclic amines) is 1. The van der Waals surface area contributed by atoms with E-state index in [1.807, 2.05) is 16.9 Å². The molecule has 96 valence electrons. The number of nitrogens with zero attached hydrogens (tertiary/aromatic N) is 3. The summed E-state index contributed by atoms with van der Waals surface area (Å²) >= 11 is 0. The van der Waals surface area contributed by atoms with Gasteiger partial charge in [-0.25, -0.2) is 0 Å². The predicted octanol–water partition coefficient (Wildman–Crippen LogP) is 0.560. The van der Waals surface area contributed by atoms with Crippen LogP contribution in [-0.2, 0) is 6.54 Å². The molecule has 0 amide bonds. The normalized spacial score (nSPS) is 21.1. The molecule has 0 aromatic carbocycles. The number of nitrogens with two attached hydrogens (primary N) is 1. The zero-order valence-electron chi connectivity index (χ0n) is 10.3. The first-order chi connectivity index (χ1) is 8.28. The van der Waals surface area contributed by atoms with Crippen molar-refractivity contribution in [2.75, 3.05) is 32.0 Å². The topological polar surface area (TPSA) is 67.3 Å². The van der Waals surface area contributed by atoms with Gasteiger partial charge in [0.2, 0.25) is 0 Å². The lowest BCUT2D eigenvalue weighted by atomic mass is 10.1. The molecular weight excluding hydrogens is 216 g/mol. The largest absolute Gasteiger partial charge is 0.396 e. The van der Waals surface area contributed by atoms with Gasteiger partial charge >= 0.3 is 0 Å². The third kappa shape index (κ3) is 3.71. The summed E-state index contributed by atoms with van der Waals surface area (Å²) in [6.45, 7) is 4.68. The zero-order chi connectivity index (χ0) is 12.1. The number of aryl methyl sites for hydroxylation is 1. The molecule has 5 heteroatoms. The Hall–Kier alpha value is -1.07. The summed E-state index contributed by atoms with van der Waals surface area (Å²) in [5.41, 5.74) is 5.56. The van der Waals surface area contributed by atoms with E-state index in [-0.39, 0.29) is 0 Å². The van der Waals surface area contributed by atoms with Crippen molar-refractivity contribution in [3.63, 3.8) is 0 Å². The van der Waals surface area contributed by atoms with Gasteiger partial charge in [-0.05, 0) is 44.3 Å². The van der Waals surface area contributed by atoms with E-state index in [2.05, 4.69) is 10.00 Å². The van der Waals surface area contributed by atoms with Crippen molar-refractivity contribution in [2.45, 2.75) is 25.8 Å². The number of anilines is 1. The molecule has 2 rings (SSSR count). The third-order valence-electron chi connectivity index (χ3n) is 3.43. The van der Waals surface area contributed by atoms with Crippen LogP contribution in [0.5, 0.6) is 0 Å². The number of aliphatic hydroxyl groups excluding tert-OH is 1. The monoisotopic (exact) mass is 238 g/mol. The quantitative estimate of drug-likeness (QED) is 0.760. The number of hydrogen-bond acceptors (Lipinski definition) is 4. The van der Waals surface area contributed by atoms with E-state index in [0.717, 1.165) is 32.5 Å². The fraction of sp³-hybridized carbons (Fsp3) is 0.750. The van der Waals surface area contributed by atoms with Gasteiger partial charge in [-0.15, -0.1) is 0 Å². The maximum absolute atomic E-state index is 8.90. The minimum absolute atomic E-state index is 0.324. The SMILES string of the molecule is Nc1ccn(CCCN2CCC(CCO)C2)n1. The molecule has 0 bridgehead atoms. The molecule has 0 radical (unpaired) electrons. The highest BCUT2D eigenvalue weighted by molar-refractivity contribution is 5.23. The molecule has 3 N–H and O–H groups in total. The summed E-state index contributed by atoms with van der Waals surface area (Å²) in [4.78, 5) is 2.48. The lowest BCUT2D eigenvalue weighted by Gasteiger charge is -2.15. The highest BCUT2D eigenvalue weighted by Crippen LogP contribution is 2.19. The van der Waals surface area contributed by atoms with Crippen LogP contribution in [0.25, 0.3) is 0 Å². The molecule has 1 aromatic heterocycles. The second-order valence-corrected chi connectivity index (χ2v) is 4.82. The molecular formula is C12H22N4O. The molecule has 17 heavy (non-hydrogen) atoms. The number of rotatable bonds is 6. The number of aromatic nitrogens is 2. The van der Waals surface area contributed by atoms with E-state index in [9.17, 15) is 0 Å². The average Bonchev–Trinajstić information content (AvgIpc) is 2.89. The van der Waals surface area contributed by atoms with Crippen LogP contribution in [0.15, 0.2) is 12.3 Å². The molecule has 1 aliphatic heterocycles. The summed E-state index contributed by atoms with van der Waals surface area (Å²) in [5, 5.41) is 13.1. The fourth-order valence-electron chi connectivity index (χ4n) is 2.49. The Bertz CT molecular complexity index is 339. The van der Waals surface area contributed by atoms with Crippen LogP contribution in [-0.4, -0.2) is 46.0 Å². The molecule has 1 unspecified atom stereocenters. The van der Waals surface area contributed by atoms with Crippen molar-refractivity contribution in [1.29, 1.82) is 0 Å². The van der Waals surface area contributed by atoms with Crippen molar-refractivity contribution >= 4 is 5.82 Å². The van der Waals surface area contributed by atoms with Crippen LogP contribution in [0.4, 0.5) is 5.82 Å². The van der Waals surface area contributed by atoms with E-state index in [0.29, 0.717) is 18.3 Å². The van der Waals surface area contributed by atoms with Crippen molar-refractivity contribution in [2.24, 2.45) is 5.92 Å². The maximum atomic E-state index is 8.90. The van der Waals surface area contributed by atoms with E-state index >= 15 is 0 Å². The van der Waals surface area contributed by atoms with Gasteiger partial charge in [-0.3, -0.25) is 4.68 Å². The molecule has 0 aliphatic carbocycles. The van der Waals surface area contributed by atoms with E-state index in [1.54, 1.807) is 0 Å². The van der Waals surface area contributed by atoms with E-state index in [4.69, 9.17) is 10.8 Å². The lowest BCUT2D eigenvalue weighted by molar-refractivity contribution is 0.249. The standard InChI is InChI=1S/C12H22N4O/c13-12-3-8-16(14-12)6-1-5-15-7-2-11(10-15)4-9-17/h3,8,11,17H,1-2,4-7,9-10H2,(H2,13,14). The van der Waals surface area contributed by atoms with Crippen molar-refractivity contribution in [3.8, 4) is 0 Å². The molecule has 1 saturated heterocycles. The zero-order valence-corrected chi connectivity index (χ0v) is 10.3. The summed E-state index contributed by atoms with van der Waals surface area (Å²) in [6.07, 6.45) is 5.21. The molecule has 1 aliphatic rings. The fourth-order valence-corrected chi connectivity index (χ4v) is 2.49. The van der Waals surface area contributed by atoms with Crippen LogP contribution in [0.2, 0.25) is 0 Å². The minimum atomic E-state index is 0.324. The summed E-state index contributed by atoms with van der Waals surface area (Å²) < 4.78 is 1.90. The minimum Gasteiger partial charge on any atom is -0.396 e. The molecule has 5 nitrogen and oxygen atoms in total. The summed E-state index contributed by atoms with van der Waals surface area (Å²) in [5.74, 6) is 1.29. The van der Waals surface area contributed by atoms with Crippen molar-refractivity contribution < 1.29 is 5.11 Å². The molecule has 0 saturated carbocycles. The van der Waals surface area contributed by atoms with Crippen molar-refractivity contribution in [1.82, 2.24) is 14.7 Å². The smallest absolute Gasteiger partial charge is 0.145 e. The van der Waals surface area contributed by atoms with Gasteiger partial charge in [0, 0.05) is 25.9 Å². The van der Waals surface area contributed by atoms with Gasteiger partial charge in [0.05, 0.1) is 0 Å². The Morgan fingerprint density at radius 1 is 1.47 bits per heavy atom. The Kier molecular flexibility index (Phi) is 4.39. The third-order valence-corrected chi connectivity index (χ3v) is 3.43. The van der Waals surface area contributed by atoms with Crippen LogP contribution < -0.4 is 5.73 Å². The highest BCUT2D eigenvalue weighted by atomic mass is 16.3. The molecule has 1 aromatic rings. The average molecular weight is 238 g/mol. The van der Waals surface area contributed by atoms with Crippen molar-refractivity contribution in [3.05, 3.63) is 12.3 Å². The van der Waals surface area contributed by atoms with Gasteiger partial charge in [0.25, 0.3) is 0 Å². The Morgan fingerprint density at radius 3 is 3.06 bits per heavy atom. The van der Waals surface area contributed by atoms with Crippen LogP contribution in [0, 0.1) is 5.92 Å². The van der Waals surface area contributed by atoms with E-state index < -0.39 is 0 Å².